The van der Waals surface area contributed by atoms with Gasteiger partial charge in [-0.1, -0.05) is 44.2 Å². The van der Waals surface area contributed by atoms with Crippen LogP contribution in [0.25, 0.3) is 16.9 Å². The highest BCUT2D eigenvalue weighted by Gasteiger charge is 2.10. The molecule has 6 nitrogen and oxygen atoms in total. The second-order valence-corrected chi connectivity index (χ2v) is 7.94. The van der Waals surface area contributed by atoms with E-state index in [-0.39, 0.29) is 6.04 Å². The fourth-order valence-corrected chi connectivity index (χ4v) is 3.38. The minimum Gasteiger partial charge on any atom is -0.385 e. The first-order valence-electron chi connectivity index (χ1n) is 10.5. The summed E-state index contributed by atoms with van der Waals surface area (Å²) in [5.74, 6) is 2.07. The SMILES string of the molecule is CC(C)CCNc1ccc2c(c1)ncn2-c1ccnc(NC(C)c2ccccc2)n1. The van der Waals surface area contributed by atoms with Gasteiger partial charge < -0.3 is 10.6 Å². The molecule has 0 aliphatic heterocycles. The van der Waals surface area contributed by atoms with Gasteiger partial charge in [0.15, 0.2) is 0 Å². The highest BCUT2D eigenvalue weighted by Crippen LogP contribution is 2.22. The first kappa shape index (κ1) is 19.9. The standard InChI is InChI=1S/C24H28N6/c1-17(2)11-13-25-20-9-10-22-21(15-20)27-16-30(22)23-12-14-26-24(29-23)28-18(3)19-7-5-4-6-8-19/h4-10,12,14-18,25H,11,13H2,1-3H3,(H,26,28,29). The van der Waals surface area contributed by atoms with Gasteiger partial charge in [0.1, 0.15) is 12.1 Å². The molecule has 4 aromatic rings. The number of fused-ring (bicyclic) bond motifs is 1. The first-order chi connectivity index (χ1) is 14.6. The Labute approximate surface area is 177 Å². The van der Waals surface area contributed by atoms with Crippen molar-refractivity contribution in [2.75, 3.05) is 17.2 Å². The molecule has 6 heteroatoms. The lowest BCUT2D eigenvalue weighted by molar-refractivity contribution is 0.607. The fraction of sp³-hybridized carbons (Fsp3) is 0.292. The summed E-state index contributed by atoms with van der Waals surface area (Å²) in [6.45, 7) is 7.53. The van der Waals surface area contributed by atoms with Crippen LogP contribution in [0.4, 0.5) is 11.6 Å². The number of nitrogens with zero attached hydrogens (tertiary/aromatic N) is 4. The van der Waals surface area contributed by atoms with E-state index < -0.39 is 0 Å². The molecule has 2 aromatic heterocycles. The maximum absolute atomic E-state index is 4.71. The van der Waals surface area contributed by atoms with E-state index >= 15 is 0 Å². The Hall–Kier alpha value is -3.41. The molecule has 1 atom stereocenters. The van der Waals surface area contributed by atoms with Crippen molar-refractivity contribution in [2.24, 2.45) is 5.92 Å². The van der Waals surface area contributed by atoms with Crippen LogP contribution in [-0.2, 0) is 0 Å². The predicted octanol–water partition coefficient (Wildman–Crippen LogP) is 5.45. The zero-order valence-electron chi connectivity index (χ0n) is 17.7. The number of hydrogen-bond acceptors (Lipinski definition) is 5. The Kier molecular flexibility index (Phi) is 5.93. The van der Waals surface area contributed by atoms with Crippen LogP contribution in [-0.4, -0.2) is 26.1 Å². The summed E-state index contributed by atoms with van der Waals surface area (Å²) in [5, 5.41) is 6.86. The second kappa shape index (κ2) is 8.95. The maximum atomic E-state index is 4.71. The second-order valence-electron chi connectivity index (χ2n) is 7.94. The molecular formula is C24H28N6. The average Bonchev–Trinajstić information content (AvgIpc) is 3.17. The molecule has 0 saturated carbocycles. The lowest BCUT2D eigenvalue weighted by atomic mass is 10.1. The zero-order chi connectivity index (χ0) is 20.9. The highest BCUT2D eigenvalue weighted by atomic mass is 15.2. The van der Waals surface area contributed by atoms with Crippen LogP contribution in [0, 0.1) is 5.92 Å². The molecule has 154 valence electrons. The molecule has 30 heavy (non-hydrogen) atoms. The van der Waals surface area contributed by atoms with Gasteiger partial charge in [-0.15, -0.1) is 0 Å². The van der Waals surface area contributed by atoms with Crippen LogP contribution in [0.15, 0.2) is 67.1 Å². The van der Waals surface area contributed by atoms with E-state index in [1.54, 1.807) is 6.20 Å². The molecular weight excluding hydrogens is 372 g/mol. The van der Waals surface area contributed by atoms with Gasteiger partial charge in [0, 0.05) is 18.4 Å². The van der Waals surface area contributed by atoms with E-state index in [0.717, 1.165) is 35.5 Å². The third-order valence-electron chi connectivity index (χ3n) is 5.13. The number of nitrogens with one attached hydrogen (secondary N) is 2. The predicted molar refractivity (Wildman–Crippen MR) is 123 cm³/mol. The quantitative estimate of drug-likeness (QED) is 0.412. The van der Waals surface area contributed by atoms with Crippen molar-refractivity contribution in [1.29, 1.82) is 0 Å². The number of imidazole rings is 1. The lowest BCUT2D eigenvalue weighted by Gasteiger charge is -2.14. The molecule has 1 unspecified atom stereocenters. The Balaban J connectivity index is 1.53. The Morgan fingerprint density at radius 1 is 0.967 bits per heavy atom. The van der Waals surface area contributed by atoms with Gasteiger partial charge in [0.2, 0.25) is 5.95 Å². The molecule has 0 aliphatic carbocycles. The number of rotatable bonds is 8. The molecule has 0 radical (unpaired) electrons. The zero-order valence-corrected chi connectivity index (χ0v) is 17.7. The van der Waals surface area contributed by atoms with Crippen LogP contribution in [0.3, 0.4) is 0 Å². The summed E-state index contributed by atoms with van der Waals surface area (Å²) >= 11 is 0. The van der Waals surface area contributed by atoms with Gasteiger partial charge in [-0.25, -0.2) is 9.97 Å². The van der Waals surface area contributed by atoms with Crippen molar-refractivity contribution in [3.8, 4) is 5.82 Å². The normalized spacial score (nSPS) is 12.3. The van der Waals surface area contributed by atoms with Gasteiger partial charge >= 0.3 is 0 Å². The Morgan fingerprint density at radius 2 is 1.80 bits per heavy atom. The first-order valence-corrected chi connectivity index (χ1v) is 10.5. The van der Waals surface area contributed by atoms with Crippen LogP contribution >= 0.6 is 0 Å². The van der Waals surface area contributed by atoms with E-state index in [0.29, 0.717) is 11.9 Å². The number of anilines is 2. The fourth-order valence-electron chi connectivity index (χ4n) is 3.38. The van der Waals surface area contributed by atoms with Gasteiger partial charge in [-0.05, 0) is 49.1 Å². The monoisotopic (exact) mass is 400 g/mol. The molecule has 2 N–H and O–H groups in total. The van der Waals surface area contributed by atoms with Gasteiger partial charge in [0.25, 0.3) is 0 Å². The lowest BCUT2D eigenvalue weighted by Crippen LogP contribution is -2.10. The van der Waals surface area contributed by atoms with Gasteiger partial charge in [-0.2, -0.15) is 4.98 Å². The molecule has 0 fully saturated rings. The minimum atomic E-state index is 0.112. The summed E-state index contributed by atoms with van der Waals surface area (Å²) in [6.07, 6.45) is 4.73. The molecule has 0 spiro atoms. The summed E-state index contributed by atoms with van der Waals surface area (Å²) in [7, 11) is 0. The van der Waals surface area contributed by atoms with Crippen molar-refractivity contribution in [2.45, 2.75) is 33.2 Å². The van der Waals surface area contributed by atoms with E-state index in [1.165, 1.54) is 5.56 Å². The van der Waals surface area contributed by atoms with Crippen molar-refractivity contribution < 1.29 is 0 Å². The molecule has 0 saturated heterocycles. The molecule has 2 aromatic carbocycles. The highest BCUT2D eigenvalue weighted by molar-refractivity contribution is 5.81. The van der Waals surface area contributed by atoms with Crippen molar-refractivity contribution in [3.63, 3.8) is 0 Å². The molecule has 0 aliphatic rings. The van der Waals surface area contributed by atoms with E-state index in [9.17, 15) is 0 Å². The molecule has 0 amide bonds. The minimum absolute atomic E-state index is 0.112. The van der Waals surface area contributed by atoms with Crippen LogP contribution in [0.1, 0.15) is 38.8 Å². The largest absolute Gasteiger partial charge is 0.385 e. The summed E-state index contributed by atoms with van der Waals surface area (Å²) < 4.78 is 1.99. The summed E-state index contributed by atoms with van der Waals surface area (Å²) in [4.78, 5) is 13.7. The molecule has 2 heterocycles. The topological polar surface area (TPSA) is 67.7 Å². The van der Waals surface area contributed by atoms with Crippen LogP contribution in [0.5, 0.6) is 0 Å². The maximum Gasteiger partial charge on any atom is 0.225 e. The molecule has 0 bridgehead atoms. The summed E-state index contributed by atoms with van der Waals surface area (Å²) in [5.41, 5.74) is 4.24. The van der Waals surface area contributed by atoms with Gasteiger partial charge in [-0.3, -0.25) is 4.57 Å². The van der Waals surface area contributed by atoms with E-state index in [4.69, 9.17) is 4.98 Å². The number of hydrogen-bond donors (Lipinski definition) is 2. The van der Waals surface area contributed by atoms with E-state index in [2.05, 4.69) is 71.7 Å². The Bertz CT molecular complexity index is 1100. The van der Waals surface area contributed by atoms with Crippen molar-refractivity contribution >= 4 is 22.7 Å². The third kappa shape index (κ3) is 4.59. The Morgan fingerprint density at radius 3 is 2.60 bits per heavy atom. The van der Waals surface area contributed by atoms with Gasteiger partial charge in [0.05, 0.1) is 17.1 Å². The van der Waals surface area contributed by atoms with Crippen LogP contribution in [0.2, 0.25) is 0 Å². The number of benzene rings is 2. The number of aromatic nitrogens is 4. The summed E-state index contributed by atoms with van der Waals surface area (Å²) in [6, 6.07) is 18.6. The molecule has 4 rings (SSSR count). The van der Waals surface area contributed by atoms with Crippen LogP contribution < -0.4 is 10.6 Å². The third-order valence-corrected chi connectivity index (χ3v) is 5.13. The smallest absolute Gasteiger partial charge is 0.225 e. The van der Waals surface area contributed by atoms with Crippen molar-refractivity contribution in [3.05, 3.63) is 72.7 Å². The van der Waals surface area contributed by atoms with E-state index in [1.807, 2.05) is 35.2 Å². The van der Waals surface area contributed by atoms with Crippen molar-refractivity contribution in [1.82, 2.24) is 19.5 Å². The average molecular weight is 401 g/mol.